The molecule has 0 unspecified atom stereocenters. The summed E-state index contributed by atoms with van der Waals surface area (Å²) in [6.45, 7) is 2.07. The van der Waals surface area contributed by atoms with E-state index in [-0.39, 0.29) is 0 Å². The predicted octanol–water partition coefficient (Wildman–Crippen LogP) is 5.28. The Balaban J connectivity index is 1.66. The lowest BCUT2D eigenvalue weighted by Crippen LogP contribution is -2.08. The lowest BCUT2D eigenvalue weighted by molar-refractivity contribution is 0.618. The van der Waals surface area contributed by atoms with Crippen LogP contribution in [0, 0.1) is 6.92 Å². The first-order valence-corrected chi connectivity index (χ1v) is 9.37. The van der Waals surface area contributed by atoms with Gasteiger partial charge in [0.15, 0.2) is 5.82 Å². The minimum Gasteiger partial charge on any atom is -0.456 e. The monoisotopic (exact) mass is 378 g/mol. The van der Waals surface area contributed by atoms with Crippen LogP contribution in [0.25, 0.3) is 33.2 Å². The molecule has 0 aliphatic rings. The van der Waals surface area contributed by atoms with E-state index in [0.717, 1.165) is 38.6 Å². The molecule has 0 saturated heterocycles. The molecule has 29 heavy (non-hydrogen) atoms. The van der Waals surface area contributed by atoms with Gasteiger partial charge in [-0.05, 0) is 31.2 Å². The van der Waals surface area contributed by atoms with Crippen molar-refractivity contribution in [1.29, 1.82) is 0 Å². The van der Waals surface area contributed by atoms with Crippen molar-refractivity contribution in [2.75, 3.05) is 5.43 Å². The summed E-state index contributed by atoms with van der Waals surface area (Å²) in [6.07, 6.45) is 1.54. The Morgan fingerprint density at radius 2 is 1.59 bits per heavy atom. The number of benzene rings is 3. The molecule has 0 aliphatic heterocycles. The van der Waals surface area contributed by atoms with Gasteiger partial charge in [0, 0.05) is 22.4 Å². The van der Waals surface area contributed by atoms with Crippen LogP contribution in [0.5, 0.6) is 0 Å². The molecule has 0 amide bonds. The molecule has 0 aliphatic carbocycles. The number of nitrogens with one attached hydrogen (secondary N) is 1. The number of hydrogen-bond donors (Lipinski definition) is 1. The molecule has 0 bridgehead atoms. The van der Waals surface area contributed by atoms with Crippen LogP contribution in [0.4, 0.5) is 5.82 Å². The highest BCUT2D eigenvalue weighted by Crippen LogP contribution is 2.23. The van der Waals surface area contributed by atoms with E-state index in [1.807, 2.05) is 54.6 Å². The molecular formula is C24H18N4O. The highest BCUT2D eigenvalue weighted by Gasteiger charge is 2.07. The van der Waals surface area contributed by atoms with E-state index in [0.29, 0.717) is 5.82 Å². The summed E-state index contributed by atoms with van der Waals surface area (Å²) in [5.41, 5.74) is 6.97. The van der Waals surface area contributed by atoms with Crippen molar-refractivity contribution in [3.05, 3.63) is 96.1 Å². The molecule has 140 valence electrons. The summed E-state index contributed by atoms with van der Waals surface area (Å²) < 4.78 is 6.14. The van der Waals surface area contributed by atoms with Crippen LogP contribution in [0.3, 0.4) is 0 Å². The topological polar surface area (TPSA) is 63.3 Å². The predicted molar refractivity (Wildman–Crippen MR) is 115 cm³/mol. The van der Waals surface area contributed by atoms with Crippen molar-refractivity contribution < 1.29 is 4.42 Å². The minimum absolute atomic E-state index is 0.664. The molecule has 2 heterocycles. The summed E-state index contributed by atoms with van der Waals surface area (Å²) >= 11 is 0. The zero-order valence-corrected chi connectivity index (χ0v) is 15.8. The Morgan fingerprint density at radius 1 is 0.828 bits per heavy atom. The third-order valence-electron chi connectivity index (χ3n) is 4.81. The van der Waals surface area contributed by atoms with Crippen molar-refractivity contribution in [3.63, 3.8) is 0 Å². The molecule has 0 fully saturated rings. The first kappa shape index (κ1) is 17.1. The highest BCUT2D eigenvalue weighted by molar-refractivity contribution is 5.88. The molecule has 0 saturated carbocycles. The number of fused-ring (bicyclic) bond motifs is 2. The molecule has 5 rings (SSSR count). The van der Waals surface area contributed by atoms with Crippen LogP contribution in [0.1, 0.15) is 5.56 Å². The van der Waals surface area contributed by atoms with Gasteiger partial charge in [-0.15, -0.1) is 0 Å². The average molecular weight is 378 g/mol. The fourth-order valence-corrected chi connectivity index (χ4v) is 3.28. The SMILES string of the molecule is Cc1ccc(-c2cc(=NNc3ncnc4ccccc34)c3ccccc3o2)cc1. The van der Waals surface area contributed by atoms with Crippen molar-refractivity contribution in [2.45, 2.75) is 6.92 Å². The lowest BCUT2D eigenvalue weighted by Gasteiger charge is -2.06. The highest BCUT2D eigenvalue weighted by atomic mass is 16.3. The fraction of sp³-hybridized carbons (Fsp3) is 0.0417. The maximum atomic E-state index is 6.14. The van der Waals surface area contributed by atoms with Gasteiger partial charge in [0.2, 0.25) is 0 Å². The number of anilines is 1. The first-order chi connectivity index (χ1) is 14.3. The zero-order chi connectivity index (χ0) is 19.6. The van der Waals surface area contributed by atoms with E-state index in [2.05, 4.69) is 51.7 Å². The second kappa shape index (κ2) is 7.20. The fourth-order valence-electron chi connectivity index (χ4n) is 3.28. The van der Waals surface area contributed by atoms with E-state index in [1.165, 1.54) is 11.9 Å². The quantitative estimate of drug-likeness (QED) is 0.434. The number of aromatic nitrogens is 2. The summed E-state index contributed by atoms with van der Waals surface area (Å²) in [5.74, 6) is 1.43. The molecule has 1 N–H and O–H groups in total. The zero-order valence-electron chi connectivity index (χ0n) is 15.8. The molecule has 0 spiro atoms. The second-order valence-corrected chi connectivity index (χ2v) is 6.82. The molecule has 5 heteroatoms. The van der Waals surface area contributed by atoms with Gasteiger partial charge >= 0.3 is 0 Å². The molecule has 5 nitrogen and oxygen atoms in total. The number of hydrogen-bond acceptors (Lipinski definition) is 5. The standard InChI is InChI=1S/C24H18N4O/c1-16-10-12-17(13-11-16)23-14-21(18-6-3-5-9-22(18)29-23)27-28-24-19-7-2-4-8-20(19)25-15-26-24/h2-15H,1H3,(H,25,26,28). The maximum absolute atomic E-state index is 6.14. The van der Waals surface area contributed by atoms with Crippen LogP contribution in [0.2, 0.25) is 0 Å². The van der Waals surface area contributed by atoms with Gasteiger partial charge in [-0.25, -0.2) is 9.97 Å². The third kappa shape index (κ3) is 3.34. The second-order valence-electron chi connectivity index (χ2n) is 6.82. The Hall–Kier alpha value is -3.99. The average Bonchev–Trinajstić information content (AvgIpc) is 2.78. The van der Waals surface area contributed by atoms with E-state index in [4.69, 9.17) is 4.42 Å². The van der Waals surface area contributed by atoms with Crippen LogP contribution in [-0.4, -0.2) is 9.97 Å². The van der Waals surface area contributed by atoms with Crippen molar-refractivity contribution in [3.8, 4) is 11.3 Å². The maximum Gasteiger partial charge on any atom is 0.157 e. The van der Waals surface area contributed by atoms with Crippen molar-refractivity contribution in [1.82, 2.24) is 9.97 Å². The number of para-hydroxylation sites is 2. The van der Waals surface area contributed by atoms with Crippen molar-refractivity contribution >= 4 is 27.7 Å². The molecule has 0 radical (unpaired) electrons. The smallest absolute Gasteiger partial charge is 0.157 e. The Labute approximate surface area is 167 Å². The third-order valence-corrected chi connectivity index (χ3v) is 4.81. The summed E-state index contributed by atoms with van der Waals surface area (Å²) in [6, 6.07) is 25.9. The number of rotatable bonds is 3. The van der Waals surface area contributed by atoms with Gasteiger partial charge in [-0.2, -0.15) is 5.10 Å². The van der Waals surface area contributed by atoms with E-state index >= 15 is 0 Å². The molecule has 5 aromatic rings. The van der Waals surface area contributed by atoms with Gasteiger partial charge < -0.3 is 4.42 Å². The molecule has 0 atom stereocenters. The van der Waals surface area contributed by atoms with Crippen molar-refractivity contribution in [2.24, 2.45) is 5.10 Å². The van der Waals surface area contributed by atoms with Gasteiger partial charge in [0.1, 0.15) is 17.7 Å². The molecule has 3 aromatic carbocycles. The molecular weight excluding hydrogens is 360 g/mol. The van der Waals surface area contributed by atoms with Crippen LogP contribution in [0.15, 0.2) is 94.7 Å². The van der Waals surface area contributed by atoms with Gasteiger partial charge in [0.25, 0.3) is 0 Å². The van der Waals surface area contributed by atoms with E-state index in [1.54, 1.807) is 0 Å². The Kier molecular flexibility index (Phi) is 4.26. The summed E-state index contributed by atoms with van der Waals surface area (Å²) in [5, 5.41) is 7.28. The van der Waals surface area contributed by atoms with Gasteiger partial charge in [0.05, 0.1) is 10.9 Å². The largest absolute Gasteiger partial charge is 0.456 e. The van der Waals surface area contributed by atoms with E-state index < -0.39 is 0 Å². The van der Waals surface area contributed by atoms with E-state index in [9.17, 15) is 0 Å². The van der Waals surface area contributed by atoms with Crippen LogP contribution in [-0.2, 0) is 0 Å². The van der Waals surface area contributed by atoms with Crippen LogP contribution < -0.4 is 10.8 Å². The van der Waals surface area contributed by atoms with Gasteiger partial charge in [-0.1, -0.05) is 54.1 Å². The Bertz CT molecular complexity index is 1380. The minimum atomic E-state index is 0.664. The normalized spacial score (nSPS) is 11.8. The summed E-state index contributed by atoms with van der Waals surface area (Å²) in [7, 11) is 0. The summed E-state index contributed by atoms with van der Waals surface area (Å²) in [4.78, 5) is 8.65. The lowest BCUT2D eigenvalue weighted by atomic mass is 10.1. The first-order valence-electron chi connectivity index (χ1n) is 9.37. The molecule has 2 aromatic heterocycles. The number of nitrogens with zero attached hydrogens (tertiary/aromatic N) is 3. The van der Waals surface area contributed by atoms with Crippen LogP contribution >= 0.6 is 0 Å². The number of aryl methyl sites for hydroxylation is 1. The Morgan fingerprint density at radius 3 is 2.45 bits per heavy atom. The van der Waals surface area contributed by atoms with Gasteiger partial charge in [-0.3, -0.25) is 5.43 Å².